The molecule has 104 valence electrons. The number of hydrogen-bond acceptors (Lipinski definition) is 2. The third-order valence-corrected chi connectivity index (χ3v) is 3.53. The van der Waals surface area contributed by atoms with Gasteiger partial charge in [0.2, 0.25) is 0 Å². The summed E-state index contributed by atoms with van der Waals surface area (Å²) < 4.78 is 0. The van der Waals surface area contributed by atoms with Crippen LogP contribution in [0.2, 0.25) is 0 Å². The number of carboxylic acids is 1. The summed E-state index contributed by atoms with van der Waals surface area (Å²) in [5, 5.41) is 14.5. The summed E-state index contributed by atoms with van der Waals surface area (Å²) in [6.07, 6.45) is 6.10. The molecule has 1 unspecified atom stereocenters. The molecule has 0 aromatic rings. The Balaban J connectivity index is 2.27. The van der Waals surface area contributed by atoms with Gasteiger partial charge in [-0.15, -0.1) is 0 Å². The number of carbonyl (C=O) groups excluding carboxylic acids is 1. The number of aliphatic carboxylic acids is 1. The minimum Gasteiger partial charge on any atom is -0.480 e. The van der Waals surface area contributed by atoms with Crippen LogP contribution in [0.1, 0.15) is 52.4 Å². The largest absolute Gasteiger partial charge is 0.480 e. The Morgan fingerprint density at radius 2 is 1.94 bits per heavy atom. The number of nitrogens with one attached hydrogen (secondary N) is 2. The van der Waals surface area contributed by atoms with Crippen LogP contribution < -0.4 is 10.6 Å². The van der Waals surface area contributed by atoms with Crippen LogP contribution in [-0.2, 0) is 4.79 Å². The van der Waals surface area contributed by atoms with Gasteiger partial charge in [-0.1, -0.05) is 26.2 Å². The molecule has 1 atom stereocenters. The molecule has 0 spiro atoms. The normalized spacial score (nSPS) is 17.9. The fraction of sp³-hybridized carbons (Fsp3) is 0.846. The highest BCUT2D eigenvalue weighted by atomic mass is 16.4. The molecule has 1 aliphatic carbocycles. The van der Waals surface area contributed by atoms with Gasteiger partial charge in [0.15, 0.2) is 0 Å². The Labute approximate surface area is 108 Å². The molecule has 5 heteroatoms. The second kappa shape index (κ2) is 6.61. The molecule has 1 fully saturated rings. The van der Waals surface area contributed by atoms with E-state index in [1.807, 2.05) is 0 Å². The van der Waals surface area contributed by atoms with Crippen molar-refractivity contribution < 1.29 is 14.7 Å². The Morgan fingerprint density at radius 3 is 2.44 bits per heavy atom. The third kappa shape index (κ3) is 4.20. The van der Waals surface area contributed by atoms with Gasteiger partial charge in [-0.05, 0) is 32.1 Å². The average molecular weight is 256 g/mol. The highest BCUT2D eigenvalue weighted by molar-refractivity contribution is 5.86. The van der Waals surface area contributed by atoms with E-state index in [2.05, 4.69) is 17.6 Å². The topological polar surface area (TPSA) is 78.4 Å². The Kier molecular flexibility index (Phi) is 5.44. The Bertz CT molecular complexity index is 303. The van der Waals surface area contributed by atoms with Crippen LogP contribution in [-0.4, -0.2) is 29.2 Å². The lowest BCUT2D eigenvalue weighted by molar-refractivity contribution is -0.144. The summed E-state index contributed by atoms with van der Waals surface area (Å²) in [6, 6.07) is -0.372. The SMILES string of the molecule is CCCCCCNC(=O)NC(C)(C(=O)O)C1CC1. The van der Waals surface area contributed by atoms with Gasteiger partial charge in [0.1, 0.15) is 5.54 Å². The zero-order chi connectivity index (χ0) is 13.6. The van der Waals surface area contributed by atoms with E-state index in [1.54, 1.807) is 6.92 Å². The van der Waals surface area contributed by atoms with Crippen LogP contribution in [0.15, 0.2) is 0 Å². The number of urea groups is 1. The minimum atomic E-state index is -1.12. The number of carboxylic acid groups (broad SMARTS) is 1. The van der Waals surface area contributed by atoms with Crippen LogP contribution in [0.4, 0.5) is 4.79 Å². The molecule has 0 aliphatic heterocycles. The van der Waals surface area contributed by atoms with Crippen LogP contribution in [0.25, 0.3) is 0 Å². The van der Waals surface area contributed by atoms with Crippen molar-refractivity contribution in [3.8, 4) is 0 Å². The molecule has 1 saturated carbocycles. The van der Waals surface area contributed by atoms with Crippen LogP contribution in [0.3, 0.4) is 0 Å². The second-order valence-electron chi connectivity index (χ2n) is 5.22. The van der Waals surface area contributed by atoms with Gasteiger partial charge in [-0.2, -0.15) is 0 Å². The van der Waals surface area contributed by atoms with E-state index >= 15 is 0 Å². The lowest BCUT2D eigenvalue weighted by Gasteiger charge is -2.26. The van der Waals surface area contributed by atoms with Crippen molar-refractivity contribution in [3.05, 3.63) is 0 Å². The number of unbranched alkanes of at least 4 members (excludes halogenated alkanes) is 3. The van der Waals surface area contributed by atoms with Crippen molar-refractivity contribution >= 4 is 12.0 Å². The maximum Gasteiger partial charge on any atom is 0.329 e. The standard InChI is InChI=1S/C13H24N2O3/c1-3-4-5-6-9-14-12(18)15-13(2,11(16)17)10-7-8-10/h10H,3-9H2,1-2H3,(H,16,17)(H2,14,15,18). The van der Waals surface area contributed by atoms with E-state index in [4.69, 9.17) is 0 Å². The van der Waals surface area contributed by atoms with E-state index in [0.29, 0.717) is 6.54 Å². The summed E-state index contributed by atoms with van der Waals surface area (Å²) in [4.78, 5) is 22.9. The summed E-state index contributed by atoms with van der Waals surface area (Å²) in [5.41, 5.74) is -1.12. The van der Waals surface area contributed by atoms with Gasteiger partial charge in [0, 0.05) is 6.54 Å². The molecule has 5 nitrogen and oxygen atoms in total. The number of amides is 2. The average Bonchev–Trinajstić information content (AvgIpc) is 3.12. The lowest BCUT2D eigenvalue weighted by Crippen LogP contribution is -2.56. The van der Waals surface area contributed by atoms with Crippen molar-refractivity contribution in [1.29, 1.82) is 0 Å². The first-order valence-electron chi connectivity index (χ1n) is 6.80. The first kappa shape index (κ1) is 14.8. The molecular formula is C13H24N2O3. The van der Waals surface area contributed by atoms with Crippen LogP contribution in [0, 0.1) is 5.92 Å². The van der Waals surface area contributed by atoms with Crippen molar-refractivity contribution in [1.82, 2.24) is 10.6 Å². The molecule has 0 aromatic carbocycles. The number of carbonyl (C=O) groups is 2. The quantitative estimate of drug-likeness (QED) is 0.582. The number of hydrogen-bond donors (Lipinski definition) is 3. The maximum atomic E-state index is 11.6. The Hall–Kier alpha value is -1.26. The first-order valence-corrected chi connectivity index (χ1v) is 6.80. The summed E-state index contributed by atoms with van der Waals surface area (Å²) in [7, 11) is 0. The number of rotatable bonds is 8. The zero-order valence-electron chi connectivity index (χ0n) is 11.3. The summed E-state index contributed by atoms with van der Waals surface area (Å²) >= 11 is 0. The molecular weight excluding hydrogens is 232 g/mol. The van der Waals surface area contributed by atoms with E-state index in [-0.39, 0.29) is 11.9 Å². The lowest BCUT2D eigenvalue weighted by atomic mass is 9.96. The van der Waals surface area contributed by atoms with Crippen molar-refractivity contribution in [3.63, 3.8) is 0 Å². The predicted molar refractivity (Wildman–Crippen MR) is 69.4 cm³/mol. The van der Waals surface area contributed by atoms with Gasteiger partial charge in [-0.25, -0.2) is 9.59 Å². The third-order valence-electron chi connectivity index (χ3n) is 3.53. The highest BCUT2D eigenvalue weighted by Gasteiger charge is 2.48. The van der Waals surface area contributed by atoms with Gasteiger partial charge in [-0.3, -0.25) is 0 Å². The van der Waals surface area contributed by atoms with E-state index < -0.39 is 11.5 Å². The van der Waals surface area contributed by atoms with E-state index in [0.717, 1.165) is 38.5 Å². The smallest absolute Gasteiger partial charge is 0.329 e. The van der Waals surface area contributed by atoms with Crippen LogP contribution in [0.5, 0.6) is 0 Å². The maximum absolute atomic E-state index is 11.6. The van der Waals surface area contributed by atoms with Gasteiger partial charge in [0.05, 0.1) is 0 Å². The highest BCUT2D eigenvalue weighted by Crippen LogP contribution is 2.39. The van der Waals surface area contributed by atoms with E-state index in [1.165, 1.54) is 0 Å². The second-order valence-corrected chi connectivity index (χ2v) is 5.22. The monoisotopic (exact) mass is 256 g/mol. The minimum absolute atomic E-state index is 0.0702. The fourth-order valence-corrected chi connectivity index (χ4v) is 2.02. The predicted octanol–water partition coefficient (Wildman–Crippen LogP) is 2.12. The van der Waals surface area contributed by atoms with E-state index in [9.17, 15) is 14.7 Å². The molecule has 1 rings (SSSR count). The zero-order valence-corrected chi connectivity index (χ0v) is 11.3. The molecule has 1 aliphatic rings. The molecule has 0 heterocycles. The van der Waals surface area contributed by atoms with Crippen molar-refractivity contribution in [2.45, 2.75) is 57.9 Å². The van der Waals surface area contributed by atoms with Crippen molar-refractivity contribution in [2.75, 3.05) is 6.54 Å². The molecule has 2 amide bonds. The first-order chi connectivity index (χ1) is 8.50. The van der Waals surface area contributed by atoms with Gasteiger partial charge < -0.3 is 15.7 Å². The summed E-state index contributed by atoms with van der Waals surface area (Å²) in [5.74, 6) is -0.882. The van der Waals surface area contributed by atoms with Crippen LogP contribution >= 0.6 is 0 Å². The molecule has 0 bridgehead atoms. The van der Waals surface area contributed by atoms with Crippen molar-refractivity contribution in [2.24, 2.45) is 5.92 Å². The molecule has 18 heavy (non-hydrogen) atoms. The van der Waals surface area contributed by atoms with Gasteiger partial charge >= 0.3 is 12.0 Å². The Morgan fingerprint density at radius 1 is 1.28 bits per heavy atom. The molecule has 0 radical (unpaired) electrons. The van der Waals surface area contributed by atoms with Gasteiger partial charge in [0.25, 0.3) is 0 Å². The fourth-order valence-electron chi connectivity index (χ4n) is 2.02. The summed E-state index contributed by atoms with van der Waals surface area (Å²) in [6.45, 7) is 4.32. The molecule has 0 aromatic heterocycles. The molecule has 3 N–H and O–H groups in total. The molecule has 0 saturated heterocycles.